The van der Waals surface area contributed by atoms with Gasteiger partial charge in [-0.25, -0.2) is 0 Å². The third-order valence-electron chi connectivity index (χ3n) is 5.67. The highest BCUT2D eigenvalue weighted by atomic mass is 16.7. The predicted molar refractivity (Wildman–Crippen MR) is 124 cm³/mol. The van der Waals surface area contributed by atoms with Crippen LogP contribution in [0, 0.1) is 0 Å². The lowest BCUT2D eigenvalue weighted by Gasteiger charge is -2.36. The molecule has 3 aromatic carbocycles. The molecule has 1 aliphatic rings. The van der Waals surface area contributed by atoms with Crippen LogP contribution in [-0.4, -0.2) is 52.4 Å². The summed E-state index contributed by atoms with van der Waals surface area (Å²) in [7, 11) is 0. The topological polar surface area (TPSA) is 79.2 Å². The Morgan fingerprint density at radius 2 is 1.39 bits per heavy atom. The van der Waals surface area contributed by atoms with Gasteiger partial charge in [0.25, 0.3) is 0 Å². The van der Waals surface area contributed by atoms with E-state index >= 15 is 0 Å². The van der Waals surface area contributed by atoms with Gasteiger partial charge in [0, 0.05) is 18.7 Å². The Balaban J connectivity index is 1.45. The van der Waals surface area contributed by atoms with Gasteiger partial charge in [0.05, 0.1) is 13.2 Å². The Labute approximate surface area is 194 Å². The molecule has 4 rings (SSSR count). The Morgan fingerprint density at radius 3 is 1.94 bits per heavy atom. The third-order valence-corrected chi connectivity index (χ3v) is 5.67. The summed E-state index contributed by atoms with van der Waals surface area (Å²) >= 11 is 0. The van der Waals surface area contributed by atoms with Gasteiger partial charge in [0.15, 0.2) is 12.1 Å². The van der Waals surface area contributed by atoms with Crippen molar-refractivity contribution >= 4 is 5.78 Å². The lowest BCUT2D eigenvalue weighted by Crippen LogP contribution is -2.52. The molecule has 0 bridgehead atoms. The molecule has 3 aromatic rings. The van der Waals surface area contributed by atoms with E-state index in [1.165, 1.54) is 0 Å². The lowest BCUT2D eigenvalue weighted by molar-refractivity contribution is -0.272. The van der Waals surface area contributed by atoms with Gasteiger partial charge in [0.1, 0.15) is 18.3 Å². The second kappa shape index (κ2) is 11.3. The molecule has 0 saturated carbocycles. The molecule has 4 atom stereocenters. The van der Waals surface area contributed by atoms with Crippen molar-refractivity contribution in [3.63, 3.8) is 0 Å². The standard InChI is InChI=1S/C27H29NO5/c29-23(25(31)26-24(30)19-32-27(33-26)22-14-8-3-9-15-22)18-28(16-20-10-4-1-5-11-20)17-21-12-6-2-7-13-21/h1-15,24-27,30-31H,16-19H2/t24-,25-,26-,27?/m1/s1. The molecule has 1 saturated heterocycles. The van der Waals surface area contributed by atoms with Crippen LogP contribution < -0.4 is 0 Å². The van der Waals surface area contributed by atoms with Crippen LogP contribution in [0.1, 0.15) is 23.0 Å². The van der Waals surface area contributed by atoms with Gasteiger partial charge in [0.2, 0.25) is 0 Å². The first-order valence-electron chi connectivity index (χ1n) is 11.1. The zero-order valence-electron chi connectivity index (χ0n) is 18.4. The fraction of sp³-hybridized carbons (Fsp3) is 0.296. The van der Waals surface area contributed by atoms with E-state index in [1.807, 2.05) is 95.9 Å². The quantitative estimate of drug-likeness (QED) is 0.525. The minimum absolute atomic E-state index is 0.0215. The molecular formula is C27H29NO5. The molecule has 0 radical (unpaired) electrons. The maximum atomic E-state index is 13.1. The molecule has 6 heteroatoms. The first-order chi connectivity index (χ1) is 16.1. The summed E-state index contributed by atoms with van der Waals surface area (Å²) in [5, 5.41) is 21.2. The van der Waals surface area contributed by atoms with Gasteiger partial charge in [-0.1, -0.05) is 91.0 Å². The van der Waals surface area contributed by atoms with E-state index in [9.17, 15) is 15.0 Å². The lowest BCUT2D eigenvalue weighted by atomic mass is 10.0. The van der Waals surface area contributed by atoms with Crippen LogP contribution in [0.15, 0.2) is 91.0 Å². The Hall–Kier alpha value is -2.87. The zero-order valence-corrected chi connectivity index (χ0v) is 18.4. The fourth-order valence-corrected chi connectivity index (χ4v) is 3.97. The summed E-state index contributed by atoms with van der Waals surface area (Å²) in [5.41, 5.74) is 2.91. The Morgan fingerprint density at radius 1 is 0.879 bits per heavy atom. The highest BCUT2D eigenvalue weighted by Crippen LogP contribution is 2.28. The number of aliphatic hydroxyl groups excluding tert-OH is 2. The number of hydrogen-bond acceptors (Lipinski definition) is 6. The van der Waals surface area contributed by atoms with E-state index in [1.54, 1.807) is 0 Å². The minimum atomic E-state index is -1.47. The number of carbonyl (C=O) groups is 1. The number of Topliss-reactive ketones (excluding diaryl/α,β-unsaturated/α-hetero) is 1. The smallest absolute Gasteiger partial charge is 0.184 e. The molecule has 6 nitrogen and oxygen atoms in total. The number of ether oxygens (including phenoxy) is 2. The molecule has 33 heavy (non-hydrogen) atoms. The van der Waals surface area contributed by atoms with Crippen LogP contribution in [0.4, 0.5) is 0 Å². The number of nitrogens with zero attached hydrogens (tertiary/aromatic N) is 1. The second-order valence-corrected chi connectivity index (χ2v) is 8.27. The van der Waals surface area contributed by atoms with Gasteiger partial charge in [-0.2, -0.15) is 0 Å². The first kappa shape index (κ1) is 23.3. The van der Waals surface area contributed by atoms with E-state index in [0.717, 1.165) is 16.7 Å². The van der Waals surface area contributed by atoms with Gasteiger partial charge < -0.3 is 19.7 Å². The Kier molecular flexibility index (Phi) is 7.99. The summed E-state index contributed by atoms with van der Waals surface area (Å²) in [6.07, 6.45) is -4.37. The maximum absolute atomic E-state index is 13.1. The van der Waals surface area contributed by atoms with E-state index in [2.05, 4.69) is 0 Å². The molecule has 0 amide bonds. The van der Waals surface area contributed by atoms with E-state index < -0.39 is 30.4 Å². The molecule has 172 valence electrons. The monoisotopic (exact) mass is 447 g/mol. The normalized spacial score (nSPS) is 21.6. The van der Waals surface area contributed by atoms with Gasteiger partial charge in [-0.05, 0) is 11.1 Å². The number of rotatable bonds is 9. The van der Waals surface area contributed by atoms with Crippen molar-refractivity contribution in [2.45, 2.75) is 37.7 Å². The van der Waals surface area contributed by atoms with Crippen molar-refractivity contribution in [2.75, 3.05) is 13.2 Å². The predicted octanol–water partition coefficient (Wildman–Crippen LogP) is 3.09. The molecule has 1 aliphatic heterocycles. The number of ketones is 1. The van der Waals surface area contributed by atoms with Crippen molar-refractivity contribution in [3.05, 3.63) is 108 Å². The number of aliphatic hydroxyl groups is 2. The van der Waals surface area contributed by atoms with Crippen molar-refractivity contribution in [3.8, 4) is 0 Å². The minimum Gasteiger partial charge on any atom is -0.388 e. The zero-order chi connectivity index (χ0) is 23.0. The molecule has 2 N–H and O–H groups in total. The van der Waals surface area contributed by atoms with Gasteiger partial charge in [-0.15, -0.1) is 0 Å². The number of benzene rings is 3. The van der Waals surface area contributed by atoms with Crippen LogP contribution >= 0.6 is 0 Å². The summed E-state index contributed by atoms with van der Waals surface area (Å²) in [6.45, 7) is 1.11. The molecule has 1 fully saturated rings. The van der Waals surface area contributed by atoms with Crippen LogP contribution in [-0.2, 0) is 27.4 Å². The molecule has 0 aromatic heterocycles. The third kappa shape index (κ3) is 6.35. The molecular weight excluding hydrogens is 418 g/mol. The van der Waals surface area contributed by atoms with Crippen molar-refractivity contribution < 1.29 is 24.5 Å². The van der Waals surface area contributed by atoms with Crippen LogP contribution in [0.3, 0.4) is 0 Å². The van der Waals surface area contributed by atoms with Gasteiger partial charge in [-0.3, -0.25) is 9.69 Å². The molecule has 1 heterocycles. The van der Waals surface area contributed by atoms with Crippen molar-refractivity contribution in [1.82, 2.24) is 4.90 Å². The largest absolute Gasteiger partial charge is 0.388 e. The Bertz CT molecular complexity index is 957. The molecule has 1 unspecified atom stereocenters. The van der Waals surface area contributed by atoms with E-state index in [-0.39, 0.29) is 13.2 Å². The number of hydrogen-bond donors (Lipinski definition) is 2. The van der Waals surface area contributed by atoms with Crippen LogP contribution in [0.2, 0.25) is 0 Å². The highest BCUT2D eigenvalue weighted by Gasteiger charge is 2.39. The van der Waals surface area contributed by atoms with Crippen LogP contribution in [0.25, 0.3) is 0 Å². The average Bonchev–Trinajstić information content (AvgIpc) is 2.85. The summed E-state index contributed by atoms with van der Waals surface area (Å²) < 4.78 is 11.4. The number of carbonyl (C=O) groups excluding carboxylic acids is 1. The van der Waals surface area contributed by atoms with Gasteiger partial charge >= 0.3 is 0 Å². The summed E-state index contributed by atoms with van der Waals surface area (Å²) in [5.74, 6) is -0.403. The van der Waals surface area contributed by atoms with Crippen molar-refractivity contribution in [1.29, 1.82) is 0 Å². The first-order valence-corrected chi connectivity index (χ1v) is 11.1. The summed E-state index contributed by atoms with van der Waals surface area (Å²) in [6, 6.07) is 29.1. The summed E-state index contributed by atoms with van der Waals surface area (Å²) in [4.78, 5) is 15.1. The fourth-order valence-electron chi connectivity index (χ4n) is 3.97. The SMILES string of the molecule is O=C(CN(Cc1ccccc1)Cc1ccccc1)[C@@H](O)[C@@H]1OC(c2ccccc2)OC[C@H]1O. The van der Waals surface area contributed by atoms with E-state index in [4.69, 9.17) is 9.47 Å². The van der Waals surface area contributed by atoms with E-state index in [0.29, 0.717) is 13.1 Å². The highest BCUT2D eigenvalue weighted by molar-refractivity contribution is 5.85. The second-order valence-electron chi connectivity index (χ2n) is 8.27. The molecule has 0 spiro atoms. The molecule has 0 aliphatic carbocycles. The average molecular weight is 448 g/mol. The maximum Gasteiger partial charge on any atom is 0.184 e. The van der Waals surface area contributed by atoms with Crippen molar-refractivity contribution in [2.24, 2.45) is 0 Å². The van der Waals surface area contributed by atoms with Crippen LogP contribution in [0.5, 0.6) is 0 Å².